The number of fused-ring (bicyclic) bond motifs is 2. The van der Waals surface area contributed by atoms with E-state index in [9.17, 15) is 24.3 Å². The normalized spacial score (nSPS) is 25.3. The summed E-state index contributed by atoms with van der Waals surface area (Å²) in [5.74, 6) is -1.64. The second-order valence-corrected chi connectivity index (χ2v) is 10.7. The molecule has 0 saturated carbocycles. The molecular weight excluding hydrogens is 448 g/mol. The fourth-order valence-corrected chi connectivity index (χ4v) is 5.78. The van der Waals surface area contributed by atoms with E-state index >= 15 is 0 Å². The third-order valence-electron chi connectivity index (χ3n) is 7.83. The molecule has 190 valence electrons. The van der Waals surface area contributed by atoms with Gasteiger partial charge in [-0.15, -0.1) is 0 Å². The number of allylic oxidation sites excluding steroid dienone is 1. The Hall–Kier alpha value is -2.80. The lowest BCUT2D eigenvalue weighted by Gasteiger charge is -2.43. The van der Waals surface area contributed by atoms with Gasteiger partial charge in [0, 0.05) is 25.5 Å². The fraction of sp³-hybridized carbons (Fsp3) is 0.571. The predicted molar refractivity (Wildman–Crippen MR) is 131 cm³/mol. The summed E-state index contributed by atoms with van der Waals surface area (Å²) in [6.45, 7) is 10.3. The van der Waals surface area contributed by atoms with E-state index < -0.39 is 28.2 Å². The standard InChI is InChI=1S/C28H36O7/c1-9-10-17-19-16(14-28(6,35-8)21(17)24(32)34-7)13-18-20(22(19)30)23(31)27(5,12-11-15(2)29)25(33)26(18,3)4/h13,30H,9-12,14H2,1-8H3. The van der Waals surface area contributed by atoms with Gasteiger partial charge in [-0.2, -0.15) is 0 Å². The van der Waals surface area contributed by atoms with Crippen molar-refractivity contribution in [2.45, 2.75) is 84.7 Å². The zero-order chi connectivity index (χ0) is 26.5. The van der Waals surface area contributed by atoms with Crippen LogP contribution in [-0.2, 0) is 35.7 Å². The number of hydrogen-bond donors (Lipinski definition) is 1. The van der Waals surface area contributed by atoms with Crippen molar-refractivity contribution in [1.29, 1.82) is 0 Å². The summed E-state index contributed by atoms with van der Waals surface area (Å²) in [7, 11) is 2.82. The summed E-state index contributed by atoms with van der Waals surface area (Å²) in [5, 5.41) is 11.7. The van der Waals surface area contributed by atoms with E-state index in [0.717, 1.165) is 0 Å². The van der Waals surface area contributed by atoms with E-state index in [-0.39, 0.29) is 42.1 Å². The number of ketones is 3. The van der Waals surface area contributed by atoms with E-state index in [4.69, 9.17) is 9.47 Å². The number of Topliss-reactive ketones (excluding diaryl/α,β-unsaturated/α-hetero) is 3. The van der Waals surface area contributed by atoms with Gasteiger partial charge < -0.3 is 19.4 Å². The molecule has 7 heteroatoms. The van der Waals surface area contributed by atoms with Crippen LogP contribution in [-0.4, -0.2) is 48.2 Å². The van der Waals surface area contributed by atoms with Gasteiger partial charge in [0.1, 0.15) is 17.1 Å². The molecule has 0 saturated heterocycles. The zero-order valence-corrected chi connectivity index (χ0v) is 22.0. The molecular formula is C28H36O7. The predicted octanol–water partition coefficient (Wildman–Crippen LogP) is 4.50. The first kappa shape index (κ1) is 26.8. The van der Waals surface area contributed by atoms with Crippen LogP contribution in [0.2, 0.25) is 0 Å². The third kappa shape index (κ3) is 3.94. The topological polar surface area (TPSA) is 107 Å². The van der Waals surface area contributed by atoms with E-state index in [2.05, 4.69) is 0 Å². The molecule has 0 aromatic heterocycles. The lowest BCUT2D eigenvalue weighted by atomic mass is 9.57. The maximum Gasteiger partial charge on any atom is 0.336 e. The highest BCUT2D eigenvalue weighted by atomic mass is 16.5. The Labute approximate surface area is 206 Å². The molecule has 2 aliphatic rings. The molecule has 35 heavy (non-hydrogen) atoms. The van der Waals surface area contributed by atoms with Gasteiger partial charge in [-0.1, -0.05) is 19.4 Å². The third-order valence-corrected chi connectivity index (χ3v) is 7.83. The number of rotatable bonds is 7. The lowest BCUT2D eigenvalue weighted by Crippen LogP contribution is -2.52. The number of hydrogen-bond acceptors (Lipinski definition) is 7. The van der Waals surface area contributed by atoms with E-state index in [1.807, 2.05) is 13.0 Å². The Bertz CT molecular complexity index is 1160. The van der Waals surface area contributed by atoms with Crippen LogP contribution in [0.5, 0.6) is 5.75 Å². The summed E-state index contributed by atoms with van der Waals surface area (Å²) in [4.78, 5) is 52.1. The van der Waals surface area contributed by atoms with Crippen molar-refractivity contribution in [3.05, 3.63) is 33.9 Å². The number of carbonyl (C=O) groups excluding carboxylic acids is 4. The number of methoxy groups -OCH3 is 2. The van der Waals surface area contributed by atoms with Crippen molar-refractivity contribution >= 4 is 28.9 Å². The van der Waals surface area contributed by atoms with Crippen LogP contribution >= 0.6 is 0 Å². The van der Waals surface area contributed by atoms with Crippen molar-refractivity contribution in [2.24, 2.45) is 5.41 Å². The minimum atomic E-state index is -1.44. The summed E-state index contributed by atoms with van der Waals surface area (Å²) in [5.41, 5.74) is -0.906. The monoisotopic (exact) mass is 484 g/mol. The number of carbonyl (C=O) groups is 4. The van der Waals surface area contributed by atoms with E-state index in [0.29, 0.717) is 40.7 Å². The maximum atomic E-state index is 13.9. The molecule has 0 heterocycles. The Balaban J connectivity index is 2.40. The van der Waals surface area contributed by atoms with Gasteiger partial charge in [0.25, 0.3) is 0 Å². The van der Waals surface area contributed by atoms with Crippen LogP contribution in [0.15, 0.2) is 11.6 Å². The van der Waals surface area contributed by atoms with Gasteiger partial charge in [-0.3, -0.25) is 9.59 Å². The number of benzene rings is 1. The first-order chi connectivity index (χ1) is 16.2. The molecule has 1 aromatic carbocycles. The van der Waals surface area contributed by atoms with Crippen LogP contribution in [0.4, 0.5) is 0 Å². The summed E-state index contributed by atoms with van der Waals surface area (Å²) < 4.78 is 10.9. The Morgan fingerprint density at radius 3 is 2.23 bits per heavy atom. The molecule has 7 nitrogen and oxygen atoms in total. The quantitative estimate of drug-likeness (QED) is 0.448. The number of ether oxygens (including phenoxy) is 2. The van der Waals surface area contributed by atoms with Gasteiger partial charge in [0.2, 0.25) is 0 Å². The Morgan fingerprint density at radius 2 is 1.71 bits per heavy atom. The Morgan fingerprint density at radius 1 is 1.09 bits per heavy atom. The summed E-state index contributed by atoms with van der Waals surface area (Å²) in [6.07, 6.45) is 1.56. The molecule has 0 radical (unpaired) electrons. The molecule has 3 rings (SSSR count). The smallest absolute Gasteiger partial charge is 0.336 e. The maximum absolute atomic E-state index is 13.9. The lowest BCUT2D eigenvalue weighted by molar-refractivity contribution is -0.139. The van der Waals surface area contributed by atoms with Gasteiger partial charge in [0.05, 0.1) is 29.1 Å². The van der Waals surface area contributed by atoms with Gasteiger partial charge >= 0.3 is 5.97 Å². The molecule has 2 unspecified atom stereocenters. The second kappa shape index (κ2) is 9.01. The average Bonchev–Trinajstić information content (AvgIpc) is 2.80. The Kier molecular flexibility index (Phi) is 6.90. The molecule has 1 N–H and O–H groups in total. The molecule has 0 fully saturated rings. The highest BCUT2D eigenvalue weighted by Crippen LogP contribution is 2.53. The van der Waals surface area contributed by atoms with Crippen molar-refractivity contribution in [2.75, 3.05) is 14.2 Å². The molecule has 0 bridgehead atoms. The van der Waals surface area contributed by atoms with Crippen LogP contribution < -0.4 is 0 Å². The van der Waals surface area contributed by atoms with Crippen LogP contribution in [0.1, 0.15) is 94.3 Å². The molecule has 0 aliphatic heterocycles. The number of phenolic OH excluding ortho intramolecular Hbond substituents is 1. The number of phenols is 1. The van der Waals surface area contributed by atoms with Crippen LogP contribution in [0, 0.1) is 5.41 Å². The van der Waals surface area contributed by atoms with Crippen molar-refractivity contribution in [3.8, 4) is 5.75 Å². The molecule has 2 aliphatic carbocycles. The molecule has 2 atom stereocenters. The summed E-state index contributed by atoms with van der Waals surface area (Å²) in [6, 6.07) is 1.81. The van der Waals surface area contributed by atoms with Crippen LogP contribution in [0.3, 0.4) is 0 Å². The van der Waals surface area contributed by atoms with Gasteiger partial charge in [-0.25, -0.2) is 4.79 Å². The van der Waals surface area contributed by atoms with E-state index in [1.54, 1.807) is 27.7 Å². The highest BCUT2D eigenvalue weighted by Gasteiger charge is 2.56. The van der Waals surface area contributed by atoms with Crippen LogP contribution in [0.25, 0.3) is 5.57 Å². The largest absolute Gasteiger partial charge is 0.507 e. The highest BCUT2D eigenvalue weighted by molar-refractivity contribution is 6.23. The van der Waals surface area contributed by atoms with Gasteiger partial charge in [0.15, 0.2) is 11.6 Å². The van der Waals surface area contributed by atoms with Crippen molar-refractivity contribution in [1.82, 2.24) is 0 Å². The minimum absolute atomic E-state index is 0.0756. The number of esters is 1. The van der Waals surface area contributed by atoms with Crippen molar-refractivity contribution < 1.29 is 33.8 Å². The fourth-order valence-electron chi connectivity index (χ4n) is 5.78. The first-order valence-corrected chi connectivity index (χ1v) is 12.1. The average molecular weight is 485 g/mol. The first-order valence-electron chi connectivity index (χ1n) is 12.1. The summed E-state index contributed by atoms with van der Waals surface area (Å²) >= 11 is 0. The van der Waals surface area contributed by atoms with Gasteiger partial charge in [-0.05, 0) is 64.2 Å². The zero-order valence-electron chi connectivity index (χ0n) is 22.0. The number of aromatic hydroxyl groups is 1. The SMILES string of the molecule is CCCC1=C(C(=O)OC)C(C)(OC)Cc2cc3c(c(O)c21)C(=O)C(C)(CCC(C)=O)C(=O)C3(C)C. The molecule has 0 amide bonds. The van der Waals surface area contributed by atoms with E-state index in [1.165, 1.54) is 21.1 Å². The second-order valence-electron chi connectivity index (χ2n) is 10.7. The molecule has 1 aromatic rings. The molecule has 0 spiro atoms. The van der Waals surface area contributed by atoms with Crippen molar-refractivity contribution in [3.63, 3.8) is 0 Å². The minimum Gasteiger partial charge on any atom is -0.507 e.